The Kier molecular flexibility index (Phi) is 6.43. The lowest BCUT2D eigenvalue weighted by atomic mass is 10.0. The summed E-state index contributed by atoms with van der Waals surface area (Å²) in [6.45, 7) is 0. The first-order valence-corrected chi connectivity index (χ1v) is 5.36. The van der Waals surface area contributed by atoms with Crippen molar-refractivity contribution in [2.45, 2.75) is 25.1 Å². The zero-order valence-corrected chi connectivity index (χ0v) is 11.0. The number of nitrogens with two attached hydrogens (primary N) is 1. The molecule has 0 spiro atoms. The van der Waals surface area contributed by atoms with Gasteiger partial charge >= 0.3 is 6.18 Å². The molecule has 0 amide bonds. The highest BCUT2D eigenvalue weighted by atomic mass is 79.9. The average molecular weight is 337 g/mol. The third-order valence-electron chi connectivity index (χ3n) is 2.11. The predicted octanol–water partition coefficient (Wildman–Crippen LogP) is 4.35. The summed E-state index contributed by atoms with van der Waals surface area (Å²) in [7, 11) is 0. The largest absolute Gasteiger partial charge is 0.389 e. The summed E-state index contributed by atoms with van der Waals surface area (Å²) in [6, 6.07) is 3.28. The molecule has 1 nitrogen and oxygen atoms in total. The van der Waals surface area contributed by atoms with E-state index in [0.717, 1.165) is 6.07 Å². The van der Waals surface area contributed by atoms with Crippen molar-refractivity contribution >= 4 is 28.3 Å². The van der Waals surface area contributed by atoms with Gasteiger partial charge in [-0.1, -0.05) is 6.07 Å². The fourth-order valence-electron chi connectivity index (χ4n) is 1.23. The first-order chi connectivity index (χ1) is 7.29. The molecule has 0 fully saturated rings. The van der Waals surface area contributed by atoms with Gasteiger partial charge in [0.1, 0.15) is 5.82 Å². The summed E-state index contributed by atoms with van der Waals surface area (Å²) in [5.41, 5.74) is 5.90. The molecule has 0 saturated heterocycles. The second-order valence-corrected chi connectivity index (χ2v) is 4.29. The number of alkyl halides is 3. The van der Waals surface area contributed by atoms with Crippen molar-refractivity contribution in [1.29, 1.82) is 0 Å². The van der Waals surface area contributed by atoms with Gasteiger partial charge in [0.25, 0.3) is 0 Å². The second-order valence-electron chi connectivity index (χ2n) is 3.43. The van der Waals surface area contributed by atoms with Gasteiger partial charge in [0.05, 0.1) is 4.47 Å². The number of hydrogen-bond donors (Lipinski definition) is 1. The molecule has 1 aromatic carbocycles. The molecule has 0 heterocycles. The van der Waals surface area contributed by atoms with Crippen LogP contribution in [0.4, 0.5) is 17.6 Å². The maximum Gasteiger partial charge on any atom is 0.389 e. The highest BCUT2D eigenvalue weighted by molar-refractivity contribution is 9.10. The summed E-state index contributed by atoms with van der Waals surface area (Å²) in [5.74, 6) is -0.528. The number of hydrogen-bond acceptors (Lipinski definition) is 1. The normalized spacial score (nSPS) is 13.1. The van der Waals surface area contributed by atoms with Crippen molar-refractivity contribution in [1.82, 2.24) is 0 Å². The van der Waals surface area contributed by atoms with Gasteiger partial charge in [-0.15, -0.1) is 12.4 Å². The van der Waals surface area contributed by atoms with Crippen LogP contribution in [0.1, 0.15) is 24.4 Å². The number of rotatable bonds is 3. The van der Waals surface area contributed by atoms with Gasteiger partial charge in [-0.2, -0.15) is 13.2 Å². The van der Waals surface area contributed by atoms with E-state index in [4.69, 9.17) is 5.73 Å². The minimum atomic E-state index is -4.23. The van der Waals surface area contributed by atoms with Crippen molar-refractivity contribution in [3.8, 4) is 0 Å². The summed E-state index contributed by atoms with van der Waals surface area (Å²) >= 11 is 2.95. The van der Waals surface area contributed by atoms with Gasteiger partial charge in [-0.3, -0.25) is 0 Å². The van der Waals surface area contributed by atoms with Crippen LogP contribution in [0.25, 0.3) is 0 Å². The van der Waals surface area contributed by atoms with E-state index in [9.17, 15) is 17.6 Å². The smallest absolute Gasteiger partial charge is 0.324 e. The maximum absolute atomic E-state index is 13.1. The molecule has 0 bridgehead atoms. The van der Waals surface area contributed by atoms with E-state index in [-0.39, 0.29) is 23.3 Å². The molecule has 0 unspecified atom stereocenters. The molecule has 0 aliphatic heterocycles. The molecule has 17 heavy (non-hydrogen) atoms. The third-order valence-corrected chi connectivity index (χ3v) is 2.75. The molecule has 0 aliphatic carbocycles. The van der Waals surface area contributed by atoms with Gasteiger partial charge in [0.15, 0.2) is 0 Å². The monoisotopic (exact) mass is 335 g/mol. The quantitative estimate of drug-likeness (QED) is 0.816. The van der Waals surface area contributed by atoms with Crippen LogP contribution in [-0.4, -0.2) is 6.18 Å². The molecule has 0 aliphatic rings. The second kappa shape index (κ2) is 6.56. The maximum atomic E-state index is 13.1. The Bertz CT molecular complexity index is 370. The topological polar surface area (TPSA) is 26.0 Å². The van der Waals surface area contributed by atoms with Crippen LogP contribution >= 0.6 is 28.3 Å². The van der Waals surface area contributed by atoms with Crippen molar-refractivity contribution < 1.29 is 17.6 Å². The Morgan fingerprint density at radius 2 is 1.88 bits per heavy atom. The SMILES string of the molecule is Cl.N[C@@H](CCC(F)(F)F)c1ccc(Br)c(F)c1. The molecule has 2 N–H and O–H groups in total. The Labute approximate surface area is 111 Å². The van der Waals surface area contributed by atoms with Crippen molar-refractivity contribution in [3.05, 3.63) is 34.1 Å². The first kappa shape index (κ1) is 16.7. The van der Waals surface area contributed by atoms with Crippen LogP contribution in [0.2, 0.25) is 0 Å². The zero-order valence-electron chi connectivity index (χ0n) is 8.60. The third kappa shape index (κ3) is 5.70. The Morgan fingerprint density at radius 3 is 2.35 bits per heavy atom. The summed E-state index contributed by atoms with van der Waals surface area (Å²) < 4.78 is 49.2. The Hall–Kier alpha value is -0.330. The summed E-state index contributed by atoms with van der Waals surface area (Å²) in [4.78, 5) is 0. The number of benzene rings is 1. The fourth-order valence-corrected chi connectivity index (χ4v) is 1.48. The van der Waals surface area contributed by atoms with Crippen molar-refractivity contribution in [2.24, 2.45) is 5.73 Å². The van der Waals surface area contributed by atoms with Crippen molar-refractivity contribution in [3.63, 3.8) is 0 Å². The van der Waals surface area contributed by atoms with Crippen LogP contribution in [0, 0.1) is 5.82 Å². The molecule has 1 rings (SSSR count). The molecule has 0 aromatic heterocycles. The van der Waals surface area contributed by atoms with Crippen molar-refractivity contribution in [2.75, 3.05) is 0 Å². The Balaban J connectivity index is 0.00000256. The standard InChI is InChI=1S/C10H10BrF4N.ClH/c11-7-2-1-6(5-8(7)12)9(16)3-4-10(13,14)15;/h1-2,5,9H,3-4,16H2;1H/t9-;/m0./s1. The van der Waals surface area contributed by atoms with E-state index in [1.165, 1.54) is 12.1 Å². The lowest BCUT2D eigenvalue weighted by Crippen LogP contribution is -2.15. The van der Waals surface area contributed by atoms with E-state index in [2.05, 4.69) is 15.9 Å². The predicted molar refractivity (Wildman–Crippen MR) is 63.6 cm³/mol. The molecule has 98 valence electrons. The lowest BCUT2D eigenvalue weighted by Gasteiger charge is -2.13. The lowest BCUT2D eigenvalue weighted by molar-refractivity contribution is -0.136. The molecule has 7 heteroatoms. The fraction of sp³-hybridized carbons (Fsp3) is 0.400. The van der Waals surface area contributed by atoms with Crippen LogP contribution in [0.15, 0.2) is 22.7 Å². The van der Waals surface area contributed by atoms with Crippen LogP contribution in [-0.2, 0) is 0 Å². The average Bonchev–Trinajstić information content (AvgIpc) is 2.17. The van der Waals surface area contributed by atoms with E-state index in [1.807, 2.05) is 0 Å². The van der Waals surface area contributed by atoms with Crippen LogP contribution in [0.5, 0.6) is 0 Å². The van der Waals surface area contributed by atoms with Gasteiger partial charge in [-0.25, -0.2) is 4.39 Å². The van der Waals surface area contributed by atoms with E-state index >= 15 is 0 Å². The molecule has 0 radical (unpaired) electrons. The molecule has 1 atom stereocenters. The molecular weight excluding hydrogens is 325 g/mol. The van der Waals surface area contributed by atoms with Crippen LogP contribution < -0.4 is 5.73 Å². The van der Waals surface area contributed by atoms with Crippen LogP contribution in [0.3, 0.4) is 0 Å². The molecule has 0 saturated carbocycles. The van der Waals surface area contributed by atoms with Gasteiger partial charge < -0.3 is 5.73 Å². The van der Waals surface area contributed by atoms with E-state index in [1.54, 1.807) is 0 Å². The highest BCUT2D eigenvalue weighted by Crippen LogP contribution is 2.27. The number of halogens is 6. The van der Waals surface area contributed by atoms with Gasteiger partial charge in [0.2, 0.25) is 0 Å². The first-order valence-electron chi connectivity index (χ1n) is 4.57. The van der Waals surface area contributed by atoms with Gasteiger partial charge in [-0.05, 0) is 40.0 Å². The summed E-state index contributed by atoms with van der Waals surface area (Å²) in [5, 5.41) is 0. The highest BCUT2D eigenvalue weighted by Gasteiger charge is 2.27. The minimum Gasteiger partial charge on any atom is -0.324 e. The molecule has 1 aromatic rings. The Morgan fingerprint density at radius 1 is 1.29 bits per heavy atom. The van der Waals surface area contributed by atoms with E-state index in [0.29, 0.717) is 5.56 Å². The zero-order chi connectivity index (χ0) is 12.3. The van der Waals surface area contributed by atoms with E-state index < -0.39 is 24.5 Å². The van der Waals surface area contributed by atoms with Gasteiger partial charge in [0, 0.05) is 12.5 Å². The summed E-state index contributed by atoms with van der Waals surface area (Å²) in [6.07, 6.45) is -5.44. The molecular formula is C10H11BrClF4N. The minimum absolute atomic E-state index is 0.